The highest BCUT2D eigenvalue weighted by Crippen LogP contribution is 2.15. The van der Waals surface area contributed by atoms with E-state index in [0.29, 0.717) is 13.1 Å². The van der Waals surface area contributed by atoms with Gasteiger partial charge in [-0.25, -0.2) is 0 Å². The minimum absolute atomic E-state index is 0.0734. The molecule has 18 heteroatoms. The standard InChI is InChI=1S/C21H40N5O12P/c27-15-18(29)11-26(16-38-39(36)37)10-17(28)9-22-1-3-23(12-19(30)31)5-7-25(14-21(34)35)8-6-24(4-2-22)13-20(32)33/h17-18,27-29H,1-16H2,(H3-,30,31,32,33,34,35,36,37)/p+1. The summed E-state index contributed by atoms with van der Waals surface area (Å²) in [7, 11) is -2.92. The summed E-state index contributed by atoms with van der Waals surface area (Å²) in [5.74, 6) is -3.15. The lowest BCUT2D eigenvalue weighted by Gasteiger charge is -2.34. The minimum Gasteiger partial charge on any atom is -0.480 e. The maximum absolute atomic E-state index is 11.4. The van der Waals surface area contributed by atoms with E-state index >= 15 is 0 Å². The molecule has 0 spiro atoms. The summed E-state index contributed by atoms with van der Waals surface area (Å²) in [4.78, 5) is 51.1. The van der Waals surface area contributed by atoms with Crippen LogP contribution in [0.25, 0.3) is 0 Å². The van der Waals surface area contributed by atoms with Crippen LogP contribution in [0, 0.1) is 0 Å². The van der Waals surface area contributed by atoms with Gasteiger partial charge in [0.25, 0.3) is 0 Å². The first kappa shape index (κ1) is 35.1. The van der Waals surface area contributed by atoms with E-state index in [1.54, 1.807) is 14.7 Å². The Kier molecular flexibility index (Phi) is 17.3. The van der Waals surface area contributed by atoms with Gasteiger partial charge in [-0.15, -0.1) is 9.42 Å². The second-order valence-corrected chi connectivity index (χ2v) is 10.1. The van der Waals surface area contributed by atoms with E-state index in [-0.39, 0.29) is 85.3 Å². The van der Waals surface area contributed by atoms with E-state index in [2.05, 4.69) is 4.52 Å². The molecular weight excluding hydrogens is 545 g/mol. The molecule has 0 aromatic carbocycles. The van der Waals surface area contributed by atoms with Gasteiger partial charge in [0.15, 0.2) is 6.73 Å². The minimum atomic E-state index is -2.92. The largest absolute Gasteiger partial charge is 0.696 e. The van der Waals surface area contributed by atoms with Crippen molar-refractivity contribution in [3.05, 3.63) is 0 Å². The van der Waals surface area contributed by atoms with Crippen molar-refractivity contribution in [2.75, 3.05) is 105 Å². The molecule has 226 valence electrons. The lowest BCUT2D eigenvalue weighted by molar-refractivity contribution is -0.140. The van der Waals surface area contributed by atoms with Gasteiger partial charge in [-0.2, -0.15) is 0 Å². The number of aliphatic hydroxyl groups excluding tert-OH is 3. The van der Waals surface area contributed by atoms with Crippen molar-refractivity contribution in [2.45, 2.75) is 12.2 Å². The van der Waals surface area contributed by atoms with Crippen molar-refractivity contribution < 1.29 is 59.0 Å². The smallest absolute Gasteiger partial charge is 0.480 e. The fourth-order valence-corrected chi connectivity index (χ4v) is 4.39. The van der Waals surface area contributed by atoms with Crippen LogP contribution in [-0.4, -0.2) is 195 Å². The Morgan fingerprint density at radius 2 is 1.08 bits per heavy atom. The Labute approximate surface area is 227 Å². The van der Waals surface area contributed by atoms with Gasteiger partial charge in [0.05, 0.1) is 38.4 Å². The molecule has 1 fully saturated rings. The molecule has 0 saturated carbocycles. The molecule has 17 nitrogen and oxygen atoms in total. The molecule has 3 atom stereocenters. The Morgan fingerprint density at radius 3 is 1.41 bits per heavy atom. The van der Waals surface area contributed by atoms with Crippen LogP contribution in [0.3, 0.4) is 0 Å². The Morgan fingerprint density at radius 1 is 0.718 bits per heavy atom. The topological polar surface area (TPSA) is 235 Å². The van der Waals surface area contributed by atoms with Crippen molar-refractivity contribution in [3.8, 4) is 0 Å². The molecular formula is C21H41N5O12P+. The van der Waals surface area contributed by atoms with E-state index < -0.39 is 45.0 Å². The van der Waals surface area contributed by atoms with E-state index in [4.69, 9.17) is 10.00 Å². The summed E-state index contributed by atoms with van der Waals surface area (Å²) in [6, 6.07) is 0. The molecule has 0 aliphatic carbocycles. The molecule has 1 rings (SSSR count). The summed E-state index contributed by atoms with van der Waals surface area (Å²) in [5, 5.41) is 57.5. The number of aliphatic carboxylic acids is 3. The summed E-state index contributed by atoms with van der Waals surface area (Å²) >= 11 is 0. The molecule has 0 aromatic rings. The van der Waals surface area contributed by atoms with Gasteiger partial charge in [-0.05, 0) is 0 Å². The summed E-state index contributed by atoms with van der Waals surface area (Å²) < 4.78 is 15.6. The molecule has 0 amide bonds. The number of hydrogen-bond acceptors (Lipinski definition) is 13. The highest BCUT2D eigenvalue weighted by Gasteiger charge is 2.24. The number of carbonyl (C=O) groups is 3. The van der Waals surface area contributed by atoms with Crippen molar-refractivity contribution in [2.24, 2.45) is 0 Å². The molecule has 3 unspecified atom stereocenters. The van der Waals surface area contributed by atoms with Gasteiger partial charge >= 0.3 is 26.2 Å². The summed E-state index contributed by atoms with van der Waals surface area (Å²) in [6.07, 6.45) is -2.22. The number of rotatable bonds is 16. The number of hydrogen-bond donors (Lipinski definition) is 7. The molecule has 1 saturated heterocycles. The second kappa shape index (κ2) is 19.2. The number of carboxylic acid groups (broad SMARTS) is 3. The molecule has 1 aliphatic rings. The highest BCUT2D eigenvalue weighted by molar-refractivity contribution is 7.32. The molecule has 1 aliphatic heterocycles. The fraction of sp³-hybridized carbons (Fsp3) is 0.857. The van der Waals surface area contributed by atoms with Crippen molar-refractivity contribution in [3.63, 3.8) is 0 Å². The van der Waals surface area contributed by atoms with Crippen molar-refractivity contribution >= 4 is 26.2 Å². The van der Waals surface area contributed by atoms with Gasteiger partial charge in [0, 0.05) is 76.6 Å². The zero-order chi connectivity index (χ0) is 29.4. The molecule has 0 radical (unpaired) electrons. The predicted molar refractivity (Wildman–Crippen MR) is 135 cm³/mol. The van der Waals surface area contributed by atoms with Crippen LogP contribution in [0.5, 0.6) is 0 Å². The van der Waals surface area contributed by atoms with E-state index in [1.165, 1.54) is 4.90 Å². The maximum Gasteiger partial charge on any atom is 0.696 e. The third-order valence-electron chi connectivity index (χ3n) is 5.97. The van der Waals surface area contributed by atoms with Gasteiger partial charge < -0.3 is 30.6 Å². The SMILES string of the molecule is O=C(O)CN1CCN(CC(=O)O)CCN(CC(O)CN(CO[P+](=O)O)CC(O)CO)CCN(CC(=O)O)CC1. The monoisotopic (exact) mass is 586 g/mol. The number of β-amino-alcohol motifs (C(OH)–C–C–N with tert-alkyl or cyclic N) is 1. The molecule has 7 N–H and O–H groups in total. The number of aliphatic hydroxyl groups is 3. The quantitative estimate of drug-likeness (QED) is 0.0676. The van der Waals surface area contributed by atoms with Gasteiger partial charge in [0.1, 0.15) is 0 Å². The molecule has 39 heavy (non-hydrogen) atoms. The molecule has 1 heterocycles. The van der Waals surface area contributed by atoms with Crippen LogP contribution in [0.4, 0.5) is 0 Å². The van der Waals surface area contributed by atoms with Crippen molar-refractivity contribution in [1.29, 1.82) is 0 Å². The average molecular weight is 587 g/mol. The van der Waals surface area contributed by atoms with Crippen LogP contribution in [0.1, 0.15) is 0 Å². The van der Waals surface area contributed by atoms with Gasteiger partial charge in [-0.3, -0.25) is 38.9 Å². The van der Waals surface area contributed by atoms with Crippen LogP contribution in [0.2, 0.25) is 0 Å². The summed E-state index contributed by atoms with van der Waals surface area (Å²) in [5.41, 5.74) is 0. The van der Waals surface area contributed by atoms with E-state index in [1.807, 2.05) is 4.90 Å². The van der Waals surface area contributed by atoms with Crippen LogP contribution < -0.4 is 0 Å². The third kappa shape index (κ3) is 17.4. The lowest BCUT2D eigenvalue weighted by Crippen LogP contribution is -2.50. The summed E-state index contributed by atoms with van der Waals surface area (Å²) in [6.45, 7) is 0.314. The van der Waals surface area contributed by atoms with E-state index in [9.17, 15) is 44.5 Å². The third-order valence-corrected chi connectivity index (χ3v) is 6.31. The van der Waals surface area contributed by atoms with Crippen LogP contribution >= 0.6 is 8.25 Å². The maximum atomic E-state index is 11.4. The zero-order valence-corrected chi connectivity index (χ0v) is 22.7. The Hall–Kier alpha value is -1.89. The first-order chi connectivity index (χ1) is 18.4. The first-order valence-electron chi connectivity index (χ1n) is 12.4. The lowest BCUT2D eigenvalue weighted by atomic mass is 10.2. The normalized spacial score (nSPS) is 19.7. The fourth-order valence-electron chi connectivity index (χ4n) is 4.13. The van der Waals surface area contributed by atoms with Gasteiger partial charge in [-0.1, -0.05) is 0 Å². The number of nitrogens with zero attached hydrogens (tertiary/aromatic N) is 5. The zero-order valence-electron chi connectivity index (χ0n) is 21.8. The second-order valence-electron chi connectivity index (χ2n) is 9.33. The highest BCUT2D eigenvalue weighted by atomic mass is 31.1. The Balaban J connectivity index is 2.98. The van der Waals surface area contributed by atoms with Crippen LogP contribution in [-0.2, 0) is 23.5 Å². The molecule has 0 aromatic heterocycles. The van der Waals surface area contributed by atoms with Gasteiger partial charge in [0.2, 0.25) is 0 Å². The predicted octanol–water partition coefficient (Wildman–Crippen LogP) is -3.90. The number of carboxylic acids is 3. The Bertz CT molecular complexity index is 750. The average Bonchev–Trinajstić information content (AvgIpc) is 2.83. The first-order valence-corrected chi connectivity index (χ1v) is 13.5. The van der Waals surface area contributed by atoms with E-state index in [0.717, 1.165) is 0 Å². The van der Waals surface area contributed by atoms with Crippen molar-refractivity contribution in [1.82, 2.24) is 24.5 Å². The molecule has 0 bridgehead atoms. The van der Waals surface area contributed by atoms with Crippen LogP contribution in [0.15, 0.2) is 0 Å².